The van der Waals surface area contributed by atoms with E-state index in [0.717, 1.165) is 44.8 Å². The summed E-state index contributed by atoms with van der Waals surface area (Å²) in [5.41, 5.74) is 0.883. The van der Waals surface area contributed by atoms with Crippen molar-refractivity contribution < 1.29 is 13.9 Å². The Balaban J connectivity index is 1.72. The zero-order chi connectivity index (χ0) is 11.9. The summed E-state index contributed by atoms with van der Waals surface area (Å²) < 4.78 is 16.1. The number of oxazole rings is 1. The summed E-state index contributed by atoms with van der Waals surface area (Å²) in [4.78, 5) is 4.25. The molecule has 5 nitrogen and oxygen atoms in total. The normalized spacial score (nSPS) is 17.2. The molecule has 0 aliphatic carbocycles. The lowest BCUT2D eigenvalue weighted by Gasteiger charge is -2.20. The number of ether oxygens (including phenoxy) is 2. The first-order valence-electron chi connectivity index (χ1n) is 6.24. The molecule has 0 unspecified atom stereocenters. The Bertz CT molecular complexity index is 321. The molecule has 1 aromatic heterocycles. The Labute approximate surface area is 102 Å². The molecule has 0 atom stereocenters. The van der Waals surface area contributed by atoms with E-state index in [-0.39, 0.29) is 0 Å². The Morgan fingerprint density at radius 2 is 2.29 bits per heavy atom. The zero-order valence-corrected chi connectivity index (χ0v) is 10.3. The molecule has 0 aromatic carbocycles. The Morgan fingerprint density at radius 1 is 1.47 bits per heavy atom. The molecule has 1 N–H and O–H groups in total. The molecule has 0 bridgehead atoms. The first kappa shape index (κ1) is 12.4. The smallest absolute Gasteiger partial charge is 0.393 e. The van der Waals surface area contributed by atoms with E-state index in [1.165, 1.54) is 0 Å². The molecule has 17 heavy (non-hydrogen) atoms. The molecule has 2 heterocycles. The summed E-state index contributed by atoms with van der Waals surface area (Å²) in [5, 5.41) is 3.19. The van der Waals surface area contributed by atoms with E-state index >= 15 is 0 Å². The van der Waals surface area contributed by atoms with Gasteiger partial charge in [0.1, 0.15) is 6.26 Å². The maximum absolute atomic E-state index is 5.54. The summed E-state index contributed by atoms with van der Waals surface area (Å²) in [5.74, 6) is 0.563. The van der Waals surface area contributed by atoms with Gasteiger partial charge in [-0.25, -0.2) is 0 Å². The van der Waals surface area contributed by atoms with Crippen LogP contribution in [0, 0.1) is 5.92 Å². The first-order chi connectivity index (χ1) is 8.38. The van der Waals surface area contributed by atoms with Crippen molar-refractivity contribution in [2.45, 2.75) is 26.3 Å². The lowest BCUT2D eigenvalue weighted by molar-refractivity contribution is 0.0445. The van der Waals surface area contributed by atoms with E-state index in [1.54, 1.807) is 6.26 Å². The Hall–Kier alpha value is -1.07. The maximum Gasteiger partial charge on any atom is 0.393 e. The van der Waals surface area contributed by atoms with Gasteiger partial charge in [0.15, 0.2) is 0 Å². The molecular weight excluding hydrogens is 220 g/mol. The number of nitrogens with zero attached hydrogens (tertiary/aromatic N) is 1. The van der Waals surface area contributed by atoms with Gasteiger partial charge in [0.05, 0.1) is 12.3 Å². The van der Waals surface area contributed by atoms with E-state index in [2.05, 4.69) is 17.2 Å². The van der Waals surface area contributed by atoms with Crippen LogP contribution in [0.4, 0.5) is 0 Å². The zero-order valence-electron chi connectivity index (χ0n) is 10.3. The molecule has 0 amide bonds. The van der Waals surface area contributed by atoms with E-state index < -0.39 is 0 Å². The third-order valence-electron chi connectivity index (χ3n) is 2.87. The van der Waals surface area contributed by atoms with Crippen LogP contribution in [0.3, 0.4) is 0 Å². The molecule has 1 aliphatic rings. The van der Waals surface area contributed by atoms with Crippen molar-refractivity contribution in [1.29, 1.82) is 0 Å². The largest absolute Gasteiger partial charge is 0.450 e. The lowest BCUT2D eigenvalue weighted by atomic mass is 10.0. The summed E-state index contributed by atoms with van der Waals surface area (Å²) in [6, 6.07) is 0. The van der Waals surface area contributed by atoms with Crippen LogP contribution in [-0.2, 0) is 11.3 Å². The first-order valence-corrected chi connectivity index (χ1v) is 6.24. The molecular formula is C12H20N2O3. The van der Waals surface area contributed by atoms with Gasteiger partial charge in [0, 0.05) is 19.8 Å². The Morgan fingerprint density at radius 3 is 3.06 bits per heavy atom. The van der Waals surface area contributed by atoms with E-state index in [9.17, 15) is 0 Å². The highest BCUT2D eigenvalue weighted by Gasteiger charge is 2.15. The number of nitrogens with one attached hydrogen (secondary N) is 1. The van der Waals surface area contributed by atoms with Gasteiger partial charge in [0.2, 0.25) is 0 Å². The van der Waals surface area contributed by atoms with Crippen molar-refractivity contribution in [3.8, 4) is 6.08 Å². The molecule has 0 radical (unpaired) electrons. The minimum absolute atomic E-state index is 0.379. The van der Waals surface area contributed by atoms with Gasteiger partial charge in [-0.1, -0.05) is 6.92 Å². The van der Waals surface area contributed by atoms with Crippen molar-refractivity contribution in [1.82, 2.24) is 10.3 Å². The van der Waals surface area contributed by atoms with Gasteiger partial charge in [0.25, 0.3) is 0 Å². The van der Waals surface area contributed by atoms with Gasteiger partial charge < -0.3 is 19.2 Å². The summed E-state index contributed by atoms with van der Waals surface area (Å²) in [7, 11) is 0. The quantitative estimate of drug-likeness (QED) is 0.818. The summed E-state index contributed by atoms with van der Waals surface area (Å²) in [6.45, 7) is 6.05. The maximum atomic E-state index is 5.54. The van der Waals surface area contributed by atoms with Gasteiger partial charge >= 0.3 is 6.08 Å². The SMILES string of the molecule is CCNCc1coc(OCC2CCOCC2)n1. The van der Waals surface area contributed by atoms with Crippen LogP contribution in [-0.4, -0.2) is 31.3 Å². The molecule has 2 rings (SSSR count). The van der Waals surface area contributed by atoms with Crippen molar-refractivity contribution >= 4 is 0 Å². The molecule has 1 saturated heterocycles. The van der Waals surface area contributed by atoms with Gasteiger partial charge in [-0.3, -0.25) is 0 Å². The highest BCUT2D eigenvalue weighted by atomic mass is 16.6. The molecule has 96 valence electrons. The highest BCUT2D eigenvalue weighted by molar-refractivity contribution is 4.99. The van der Waals surface area contributed by atoms with Crippen LogP contribution in [0.2, 0.25) is 0 Å². The minimum atomic E-state index is 0.379. The molecule has 1 aromatic rings. The topological polar surface area (TPSA) is 56.5 Å². The van der Waals surface area contributed by atoms with Crippen LogP contribution in [0.1, 0.15) is 25.5 Å². The standard InChI is InChI=1S/C12H20N2O3/c1-2-13-7-11-9-17-12(14-11)16-8-10-3-5-15-6-4-10/h9-10,13H,2-8H2,1H3. The number of aromatic nitrogens is 1. The van der Waals surface area contributed by atoms with Crippen molar-refractivity contribution in [3.05, 3.63) is 12.0 Å². The lowest BCUT2D eigenvalue weighted by Crippen LogP contribution is -2.21. The van der Waals surface area contributed by atoms with Crippen LogP contribution < -0.4 is 10.1 Å². The van der Waals surface area contributed by atoms with Gasteiger partial charge in [-0.15, -0.1) is 0 Å². The number of rotatable bonds is 6. The third kappa shape index (κ3) is 4.02. The minimum Gasteiger partial charge on any atom is -0.450 e. The molecule has 1 aliphatic heterocycles. The number of hydrogen-bond acceptors (Lipinski definition) is 5. The van der Waals surface area contributed by atoms with Crippen LogP contribution in [0.5, 0.6) is 6.08 Å². The van der Waals surface area contributed by atoms with Crippen molar-refractivity contribution in [2.75, 3.05) is 26.4 Å². The Kier molecular flexibility index (Phi) is 4.82. The fourth-order valence-corrected chi connectivity index (χ4v) is 1.79. The fourth-order valence-electron chi connectivity index (χ4n) is 1.79. The average Bonchev–Trinajstić information content (AvgIpc) is 2.83. The van der Waals surface area contributed by atoms with Gasteiger partial charge in [-0.05, 0) is 25.3 Å². The predicted molar refractivity (Wildman–Crippen MR) is 62.9 cm³/mol. The van der Waals surface area contributed by atoms with E-state index in [1.807, 2.05) is 0 Å². The molecule has 5 heteroatoms. The predicted octanol–water partition coefficient (Wildman–Crippen LogP) is 1.59. The second kappa shape index (κ2) is 6.61. The van der Waals surface area contributed by atoms with Crippen molar-refractivity contribution in [2.24, 2.45) is 5.92 Å². The molecule has 1 fully saturated rings. The number of hydrogen-bond donors (Lipinski definition) is 1. The third-order valence-corrected chi connectivity index (χ3v) is 2.87. The molecule has 0 saturated carbocycles. The average molecular weight is 240 g/mol. The van der Waals surface area contributed by atoms with E-state index in [0.29, 0.717) is 18.6 Å². The van der Waals surface area contributed by atoms with Crippen LogP contribution >= 0.6 is 0 Å². The monoisotopic (exact) mass is 240 g/mol. The second-order valence-corrected chi connectivity index (χ2v) is 4.25. The van der Waals surface area contributed by atoms with Gasteiger partial charge in [-0.2, -0.15) is 4.98 Å². The highest BCUT2D eigenvalue weighted by Crippen LogP contribution is 2.17. The van der Waals surface area contributed by atoms with Crippen LogP contribution in [0.15, 0.2) is 10.7 Å². The molecule has 0 spiro atoms. The van der Waals surface area contributed by atoms with Crippen LogP contribution in [0.25, 0.3) is 0 Å². The summed E-state index contributed by atoms with van der Waals surface area (Å²) in [6.07, 6.45) is 4.14. The van der Waals surface area contributed by atoms with E-state index in [4.69, 9.17) is 13.9 Å². The summed E-state index contributed by atoms with van der Waals surface area (Å²) >= 11 is 0. The second-order valence-electron chi connectivity index (χ2n) is 4.25. The van der Waals surface area contributed by atoms with Crippen molar-refractivity contribution in [3.63, 3.8) is 0 Å². The fraction of sp³-hybridized carbons (Fsp3) is 0.750.